The van der Waals surface area contributed by atoms with Gasteiger partial charge in [-0.2, -0.15) is 0 Å². The lowest BCUT2D eigenvalue weighted by molar-refractivity contribution is 0.389. The van der Waals surface area contributed by atoms with Gasteiger partial charge in [-0.1, -0.05) is 28.1 Å². The van der Waals surface area contributed by atoms with E-state index in [2.05, 4.69) is 26.7 Å². The molecule has 0 bridgehead atoms. The molecule has 4 heteroatoms. The molecule has 0 aromatic heterocycles. The molecule has 0 aliphatic heterocycles. The average Bonchev–Trinajstić information content (AvgIpc) is 2.33. The van der Waals surface area contributed by atoms with E-state index in [1.54, 1.807) is 6.07 Å². The highest BCUT2D eigenvalue weighted by Crippen LogP contribution is 2.25. The molecule has 0 saturated heterocycles. The molecule has 0 fully saturated rings. The first-order chi connectivity index (χ1) is 7.79. The topological polar surface area (TPSA) is 44.3 Å². The first-order valence-corrected chi connectivity index (χ1v) is 5.60. The summed E-state index contributed by atoms with van der Waals surface area (Å²) in [6.07, 6.45) is 0. The van der Waals surface area contributed by atoms with Gasteiger partial charge in [0.25, 0.3) is 0 Å². The molecule has 82 valence electrons. The summed E-state index contributed by atoms with van der Waals surface area (Å²) in [5.74, 6) is 0. The van der Waals surface area contributed by atoms with Crippen molar-refractivity contribution in [2.75, 3.05) is 10.8 Å². The second kappa shape index (κ2) is 5.01. The van der Waals surface area contributed by atoms with Crippen molar-refractivity contribution in [1.82, 2.24) is 0 Å². The van der Waals surface area contributed by atoms with Gasteiger partial charge in [-0.05, 0) is 36.4 Å². The minimum atomic E-state index is 0.644. The van der Waals surface area contributed by atoms with E-state index < -0.39 is 0 Å². The Balaban J connectivity index is 2.23. The van der Waals surface area contributed by atoms with Crippen LogP contribution in [0.25, 0.3) is 0 Å². The highest BCUT2D eigenvalue weighted by molar-refractivity contribution is 9.10. The van der Waals surface area contributed by atoms with Gasteiger partial charge in [-0.3, -0.25) is 10.7 Å². The lowest BCUT2D eigenvalue weighted by Gasteiger charge is -2.10. The molecule has 3 nitrogen and oxygen atoms in total. The fraction of sp³-hybridized carbons (Fsp3) is 0. The highest BCUT2D eigenvalue weighted by Gasteiger charge is 2.00. The van der Waals surface area contributed by atoms with Crippen LogP contribution in [0.3, 0.4) is 0 Å². The van der Waals surface area contributed by atoms with E-state index in [-0.39, 0.29) is 0 Å². The van der Waals surface area contributed by atoms with Gasteiger partial charge in [0.05, 0.1) is 11.4 Å². The van der Waals surface area contributed by atoms with Crippen LogP contribution in [0, 0.1) is 0 Å². The Hall–Kier alpha value is -1.52. The normalized spacial score (nSPS) is 9.88. The Morgan fingerprint density at radius 3 is 2.12 bits per heavy atom. The molecule has 0 amide bonds. The summed E-state index contributed by atoms with van der Waals surface area (Å²) in [4.78, 5) is 0. The zero-order chi connectivity index (χ0) is 11.4. The van der Waals surface area contributed by atoms with Gasteiger partial charge in [0.1, 0.15) is 0 Å². The van der Waals surface area contributed by atoms with Crippen LogP contribution >= 0.6 is 15.9 Å². The Morgan fingerprint density at radius 2 is 1.50 bits per heavy atom. The predicted molar refractivity (Wildman–Crippen MR) is 69.3 cm³/mol. The van der Waals surface area contributed by atoms with Crippen LogP contribution in [0.5, 0.6) is 0 Å². The fourth-order valence-electron chi connectivity index (χ4n) is 1.38. The van der Waals surface area contributed by atoms with Crippen LogP contribution in [-0.2, 0) is 0 Å². The van der Waals surface area contributed by atoms with Crippen molar-refractivity contribution in [3.8, 4) is 0 Å². The van der Waals surface area contributed by atoms with E-state index in [1.807, 2.05) is 42.5 Å². The molecule has 3 N–H and O–H groups in total. The van der Waals surface area contributed by atoms with Crippen LogP contribution in [0.2, 0.25) is 0 Å². The van der Waals surface area contributed by atoms with Crippen LogP contribution < -0.4 is 10.8 Å². The molecular formula is C12H11BrN2O. The van der Waals surface area contributed by atoms with E-state index >= 15 is 0 Å². The van der Waals surface area contributed by atoms with Crippen LogP contribution in [0.1, 0.15) is 0 Å². The third-order valence-corrected chi connectivity index (χ3v) is 2.70. The SMILES string of the molecule is ONc1ccccc1Nc1ccc(Br)cc1. The number of halogens is 1. The number of anilines is 3. The molecular weight excluding hydrogens is 268 g/mol. The first kappa shape index (κ1) is 11.0. The van der Waals surface area contributed by atoms with E-state index in [4.69, 9.17) is 5.21 Å². The summed E-state index contributed by atoms with van der Waals surface area (Å²) in [6, 6.07) is 15.3. The molecule has 2 rings (SSSR count). The van der Waals surface area contributed by atoms with Gasteiger partial charge in [-0.25, -0.2) is 0 Å². The van der Waals surface area contributed by atoms with E-state index in [1.165, 1.54) is 0 Å². The predicted octanol–water partition coefficient (Wildman–Crippen LogP) is 3.99. The molecule has 0 saturated carbocycles. The summed E-state index contributed by atoms with van der Waals surface area (Å²) in [5.41, 5.74) is 4.59. The molecule has 0 atom stereocenters. The van der Waals surface area contributed by atoms with Gasteiger partial charge in [0.2, 0.25) is 0 Å². The monoisotopic (exact) mass is 278 g/mol. The minimum absolute atomic E-state index is 0.644. The largest absolute Gasteiger partial charge is 0.354 e. The van der Waals surface area contributed by atoms with E-state index in [0.717, 1.165) is 15.8 Å². The number of hydrogen-bond acceptors (Lipinski definition) is 3. The van der Waals surface area contributed by atoms with Crippen LogP contribution in [-0.4, -0.2) is 5.21 Å². The van der Waals surface area contributed by atoms with Crippen molar-refractivity contribution >= 4 is 33.0 Å². The smallest absolute Gasteiger partial charge is 0.0836 e. The second-order valence-corrected chi connectivity index (χ2v) is 4.20. The molecule has 2 aromatic rings. The lowest BCUT2D eigenvalue weighted by Crippen LogP contribution is -1.96. The molecule has 0 aliphatic rings. The Morgan fingerprint density at radius 1 is 0.875 bits per heavy atom. The van der Waals surface area contributed by atoms with Crippen LogP contribution in [0.15, 0.2) is 53.0 Å². The Bertz CT molecular complexity index is 471. The minimum Gasteiger partial charge on any atom is -0.354 e. The second-order valence-electron chi connectivity index (χ2n) is 3.29. The number of rotatable bonds is 3. The third kappa shape index (κ3) is 2.53. The van der Waals surface area contributed by atoms with E-state index in [9.17, 15) is 0 Å². The fourth-order valence-corrected chi connectivity index (χ4v) is 1.64. The molecule has 0 radical (unpaired) electrons. The summed E-state index contributed by atoms with van der Waals surface area (Å²) in [7, 11) is 0. The maximum Gasteiger partial charge on any atom is 0.0836 e. The molecule has 0 unspecified atom stereocenters. The maximum atomic E-state index is 8.94. The van der Waals surface area contributed by atoms with Crippen LogP contribution in [0.4, 0.5) is 17.1 Å². The van der Waals surface area contributed by atoms with Gasteiger partial charge in [-0.15, -0.1) is 0 Å². The van der Waals surface area contributed by atoms with Gasteiger partial charge in [0.15, 0.2) is 0 Å². The third-order valence-electron chi connectivity index (χ3n) is 2.17. The number of hydrogen-bond donors (Lipinski definition) is 3. The van der Waals surface area contributed by atoms with E-state index in [0.29, 0.717) is 5.69 Å². The summed E-state index contributed by atoms with van der Waals surface area (Å²) >= 11 is 3.38. The molecule has 2 aromatic carbocycles. The van der Waals surface area contributed by atoms with Crippen molar-refractivity contribution in [3.05, 3.63) is 53.0 Å². The quantitative estimate of drug-likeness (QED) is 0.744. The Kier molecular flexibility index (Phi) is 3.44. The summed E-state index contributed by atoms with van der Waals surface area (Å²) in [6.45, 7) is 0. The number of para-hydroxylation sites is 2. The molecule has 0 aliphatic carbocycles. The highest BCUT2D eigenvalue weighted by atomic mass is 79.9. The zero-order valence-corrected chi connectivity index (χ0v) is 10.0. The van der Waals surface area contributed by atoms with Crippen molar-refractivity contribution in [1.29, 1.82) is 0 Å². The van der Waals surface area contributed by atoms with Crippen molar-refractivity contribution in [2.45, 2.75) is 0 Å². The van der Waals surface area contributed by atoms with Crippen molar-refractivity contribution in [2.24, 2.45) is 0 Å². The molecule has 16 heavy (non-hydrogen) atoms. The summed E-state index contributed by atoms with van der Waals surface area (Å²) < 4.78 is 1.03. The standard InChI is InChI=1S/C12H11BrN2O/c13-9-5-7-10(8-6-9)14-11-3-1-2-4-12(11)15-16/h1-8,14-16H. The van der Waals surface area contributed by atoms with Gasteiger partial charge in [0, 0.05) is 10.2 Å². The number of nitrogens with one attached hydrogen (secondary N) is 2. The zero-order valence-electron chi connectivity index (χ0n) is 8.44. The van der Waals surface area contributed by atoms with Crippen molar-refractivity contribution in [3.63, 3.8) is 0 Å². The lowest BCUT2D eigenvalue weighted by atomic mass is 10.2. The summed E-state index contributed by atoms with van der Waals surface area (Å²) in [5, 5.41) is 12.2. The Labute approximate surface area is 102 Å². The maximum absolute atomic E-state index is 8.94. The van der Waals surface area contributed by atoms with Gasteiger partial charge < -0.3 is 5.32 Å². The molecule has 0 heterocycles. The first-order valence-electron chi connectivity index (χ1n) is 4.81. The molecule has 0 spiro atoms. The average molecular weight is 279 g/mol. The van der Waals surface area contributed by atoms with Crippen molar-refractivity contribution < 1.29 is 5.21 Å². The number of benzene rings is 2. The van der Waals surface area contributed by atoms with Gasteiger partial charge >= 0.3 is 0 Å².